The molecule has 0 spiro atoms. The van der Waals surface area contributed by atoms with E-state index in [9.17, 15) is 10.1 Å². The van der Waals surface area contributed by atoms with Gasteiger partial charge in [-0.05, 0) is 56.7 Å². The smallest absolute Gasteiger partial charge is 0.271 e. The van der Waals surface area contributed by atoms with Crippen molar-refractivity contribution in [2.45, 2.75) is 20.8 Å². The van der Waals surface area contributed by atoms with Gasteiger partial charge in [-0.15, -0.1) is 0 Å². The number of nitro benzene ring substituents is 1. The minimum Gasteiger partial charge on any atom is -0.318 e. The highest BCUT2D eigenvalue weighted by atomic mass is 79.9. The maximum Gasteiger partial charge on any atom is 0.271 e. The third kappa shape index (κ3) is 3.60. The van der Waals surface area contributed by atoms with Crippen LogP contribution in [0.4, 0.5) is 11.4 Å². The monoisotopic (exact) mass is 411 g/mol. The third-order valence-electron chi connectivity index (χ3n) is 4.27. The number of rotatable bonds is 4. The number of halogens is 1. The van der Waals surface area contributed by atoms with E-state index in [2.05, 4.69) is 20.9 Å². The fourth-order valence-corrected chi connectivity index (χ4v) is 3.44. The standard InChI is InChI=1S/C20H18BrN3O2/c1-13-9-17(21)7-8-20(13)22-12-16-10-14(2)23(15(16)3)18-5-4-6-19(11-18)24(25)26/h4-12H,1-3H3. The largest absolute Gasteiger partial charge is 0.318 e. The van der Waals surface area contributed by atoms with Gasteiger partial charge in [0.25, 0.3) is 5.69 Å². The van der Waals surface area contributed by atoms with Crippen LogP contribution in [-0.4, -0.2) is 15.7 Å². The lowest BCUT2D eigenvalue weighted by Crippen LogP contribution is -2.00. The topological polar surface area (TPSA) is 60.4 Å². The summed E-state index contributed by atoms with van der Waals surface area (Å²) in [6.45, 7) is 5.99. The number of benzene rings is 2. The number of hydrogen-bond donors (Lipinski definition) is 0. The van der Waals surface area contributed by atoms with Crippen LogP contribution in [0, 0.1) is 30.9 Å². The number of aliphatic imine (C=N–C) groups is 1. The van der Waals surface area contributed by atoms with Gasteiger partial charge in [0.05, 0.1) is 16.3 Å². The van der Waals surface area contributed by atoms with E-state index in [0.717, 1.165) is 38.4 Å². The van der Waals surface area contributed by atoms with Crippen LogP contribution in [0.2, 0.25) is 0 Å². The Hall–Kier alpha value is -2.73. The zero-order chi connectivity index (χ0) is 18.8. The van der Waals surface area contributed by atoms with Crippen LogP contribution < -0.4 is 0 Å². The van der Waals surface area contributed by atoms with E-state index in [1.165, 1.54) is 6.07 Å². The first-order valence-electron chi connectivity index (χ1n) is 8.11. The molecule has 0 saturated carbocycles. The maximum absolute atomic E-state index is 11.0. The van der Waals surface area contributed by atoms with Crippen molar-refractivity contribution >= 4 is 33.5 Å². The molecule has 26 heavy (non-hydrogen) atoms. The van der Waals surface area contributed by atoms with E-state index >= 15 is 0 Å². The summed E-state index contributed by atoms with van der Waals surface area (Å²) < 4.78 is 3.03. The van der Waals surface area contributed by atoms with E-state index in [1.54, 1.807) is 12.1 Å². The molecule has 0 aliphatic heterocycles. The highest BCUT2D eigenvalue weighted by Crippen LogP contribution is 2.25. The van der Waals surface area contributed by atoms with E-state index in [0.29, 0.717) is 0 Å². The minimum atomic E-state index is -0.379. The summed E-state index contributed by atoms with van der Waals surface area (Å²) in [4.78, 5) is 15.3. The first kappa shape index (κ1) is 18.1. The lowest BCUT2D eigenvalue weighted by molar-refractivity contribution is -0.384. The highest BCUT2D eigenvalue weighted by Gasteiger charge is 2.12. The lowest BCUT2D eigenvalue weighted by Gasteiger charge is -2.09. The number of nitro groups is 1. The van der Waals surface area contributed by atoms with Crippen LogP contribution in [0.25, 0.3) is 5.69 Å². The van der Waals surface area contributed by atoms with Crippen molar-refractivity contribution in [2.24, 2.45) is 4.99 Å². The second-order valence-corrected chi connectivity index (χ2v) is 7.04. The molecule has 6 heteroatoms. The molecule has 0 unspecified atom stereocenters. The van der Waals surface area contributed by atoms with Crippen LogP contribution >= 0.6 is 15.9 Å². The van der Waals surface area contributed by atoms with Gasteiger partial charge in [-0.1, -0.05) is 22.0 Å². The molecule has 0 fully saturated rings. The molecule has 0 aliphatic carbocycles. The second kappa shape index (κ2) is 7.25. The first-order chi connectivity index (χ1) is 12.4. The maximum atomic E-state index is 11.0. The van der Waals surface area contributed by atoms with Crippen molar-refractivity contribution in [1.29, 1.82) is 0 Å². The number of non-ortho nitro benzene ring substituents is 1. The first-order valence-corrected chi connectivity index (χ1v) is 8.90. The summed E-state index contributed by atoms with van der Waals surface area (Å²) in [6, 6.07) is 14.6. The Bertz CT molecular complexity index is 1020. The SMILES string of the molecule is Cc1cc(Br)ccc1N=Cc1cc(C)n(-c2cccc([N+](=O)[O-])c2)c1C. The number of nitrogens with zero attached hydrogens (tertiary/aromatic N) is 3. The van der Waals surface area contributed by atoms with Gasteiger partial charge in [0.1, 0.15) is 0 Å². The molecule has 1 aromatic heterocycles. The molecule has 0 amide bonds. The minimum absolute atomic E-state index is 0.0794. The molecule has 1 heterocycles. The third-order valence-corrected chi connectivity index (χ3v) is 4.76. The summed E-state index contributed by atoms with van der Waals surface area (Å²) in [5.74, 6) is 0. The van der Waals surface area contributed by atoms with Gasteiger partial charge in [-0.3, -0.25) is 15.1 Å². The Balaban J connectivity index is 1.99. The molecule has 0 N–H and O–H groups in total. The zero-order valence-electron chi connectivity index (χ0n) is 14.7. The molecular weight excluding hydrogens is 394 g/mol. The summed E-state index contributed by atoms with van der Waals surface area (Å²) in [5, 5.41) is 11.0. The molecule has 0 bridgehead atoms. The quantitative estimate of drug-likeness (QED) is 0.308. The molecular formula is C20H18BrN3O2. The Morgan fingerprint density at radius 3 is 2.58 bits per heavy atom. The van der Waals surface area contributed by atoms with Crippen LogP contribution in [0.5, 0.6) is 0 Å². The lowest BCUT2D eigenvalue weighted by atomic mass is 10.2. The Morgan fingerprint density at radius 1 is 1.12 bits per heavy atom. The summed E-state index contributed by atoms with van der Waals surface area (Å²) >= 11 is 3.46. The zero-order valence-corrected chi connectivity index (χ0v) is 16.3. The molecule has 0 aliphatic rings. The van der Waals surface area contributed by atoms with Gasteiger partial charge in [0.15, 0.2) is 0 Å². The van der Waals surface area contributed by atoms with Crippen molar-refractivity contribution in [3.05, 3.63) is 85.6 Å². The summed E-state index contributed by atoms with van der Waals surface area (Å²) in [5.41, 5.74) is 5.82. The van der Waals surface area contributed by atoms with Crippen molar-refractivity contribution < 1.29 is 4.92 Å². The highest BCUT2D eigenvalue weighted by molar-refractivity contribution is 9.10. The number of aromatic nitrogens is 1. The molecule has 0 atom stereocenters. The Kier molecular flexibility index (Phi) is 5.04. The van der Waals surface area contributed by atoms with Crippen molar-refractivity contribution in [3.8, 4) is 5.69 Å². The van der Waals surface area contributed by atoms with E-state index in [-0.39, 0.29) is 10.6 Å². The van der Waals surface area contributed by atoms with Crippen LogP contribution in [0.15, 0.2) is 58.0 Å². The summed E-state index contributed by atoms with van der Waals surface area (Å²) in [7, 11) is 0. The van der Waals surface area contributed by atoms with E-state index in [1.807, 2.05) is 61.9 Å². The van der Waals surface area contributed by atoms with Gasteiger partial charge in [0.2, 0.25) is 0 Å². The molecule has 2 aromatic carbocycles. The van der Waals surface area contributed by atoms with E-state index in [4.69, 9.17) is 0 Å². The van der Waals surface area contributed by atoms with Gasteiger partial charge in [-0.25, -0.2) is 0 Å². The predicted octanol–water partition coefficient (Wildman–Crippen LogP) is 5.82. The molecule has 3 rings (SSSR count). The van der Waals surface area contributed by atoms with Crippen molar-refractivity contribution in [3.63, 3.8) is 0 Å². The van der Waals surface area contributed by atoms with Gasteiger partial charge >= 0.3 is 0 Å². The molecule has 0 saturated heterocycles. The fraction of sp³-hybridized carbons (Fsp3) is 0.150. The molecule has 132 valence electrons. The average Bonchev–Trinajstić information content (AvgIpc) is 2.88. The van der Waals surface area contributed by atoms with Crippen molar-refractivity contribution in [2.75, 3.05) is 0 Å². The van der Waals surface area contributed by atoms with E-state index < -0.39 is 0 Å². The van der Waals surface area contributed by atoms with Crippen molar-refractivity contribution in [1.82, 2.24) is 4.57 Å². The normalized spacial score (nSPS) is 11.2. The van der Waals surface area contributed by atoms with Gasteiger partial charge in [0, 0.05) is 39.8 Å². The average molecular weight is 412 g/mol. The van der Waals surface area contributed by atoms with Crippen LogP contribution in [0.3, 0.4) is 0 Å². The van der Waals surface area contributed by atoms with Gasteiger partial charge < -0.3 is 4.57 Å². The Labute approximate surface area is 160 Å². The Morgan fingerprint density at radius 2 is 1.88 bits per heavy atom. The van der Waals surface area contributed by atoms with Crippen LogP contribution in [0.1, 0.15) is 22.5 Å². The molecule has 5 nitrogen and oxygen atoms in total. The fourth-order valence-electron chi connectivity index (χ4n) is 2.96. The summed E-state index contributed by atoms with van der Waals surface area (Å²) in [6.07, 6.45) is 1.84. The predicted molar refractivity (Wildman–Crippen MR) is 108 cm³/mol. The van der Waals surface area contributed by atoms with Crippen LogP contribution in [-0.2, 0) is 0 Å². The molecule has 0 radical (unpaired) electrons. The number of hydrogen-bond acceptors (Lipinski definition) is 3. The molecule has 3 aromatic rings. The van der Waals surface area contributed by atoms with Gasteiger partial charge in [-0.2, -0.15) is 0 Å². The number of aryl methyl sites for hydroxylation is 2. The second-order valence-electron chi connectivity index (χ2n) is 6.13.